The number of ether oxygens (including phenoxy) is 1. The van der Waals surface area contributed by atoms with Crippen molar-refractivity contribution in [2.45, 2.75) is 70.0 Å². The predicted molar refractivity (Wildman–Crippen MR) is 137 cm³/mol. The fourth-order valence-corrected chi connectivity index (χ4v) is 5.87. The van der Waals surface area contributed by atoms with Crippen LogP contribution in [0.15, 0.2) is 18.2 Å². The van der Waals surface area contributed by atoms with E-state index in [1.54, 1.807) is 17.9 Å². The summed E-state index contributed by atoms with van der Waals surface area (Å²) in [6, 6.07) is 3.24. The first kappa shape index (κ1) is 27.2. The second-order valence-electron chi connectivity index (χ2n) is 10.5. The van der Waals surface area contributed by atoms with E-state index < -0.39 is 12.1 Å². The largest absolute Gasteiger partial charge is 0.504 e. The number of aromatic hydroxyl groups is 2. The summed E-state index contributed by atoms with van der Waals surface area (Å²) in [6.45, 7) is 6.11. The van der Waals surface area contributed by atoms with Gasteiger partial charge in [0.05, 0.1) is 13.2 Å². The lowest BCUT2D eigenvalue weighted by molar-refractivity contribution is -0.143. The zero-order valence-electron chi connectivity index (χ0n) is 21.7. The number of rotatable bonds is 9. The fraction of sp³-hybridized carbons (Fsp3) is 0.667. The number of likely N-dealkylation sites (tertiary alicyclic amines) is 1. The van der Waals surface area contributed by atoms with Gasteiger partial charge in [-0.1, -0.05) is 18.9 Å². The molecule has 204 valence electrons. The average molecular weight is 517 g/mol. The number of nitrogens with one attached hydrogen (secondary N) is 2. The molecule has 10 heteroatoms. The first-order valence-corrected chi connectivity index (χ1v) is 13.5. The van der Waals surface area contributed by atoms with Crippen LogP contribution in [0.4, 0.5) is 0 Å². The maximum atomic E-state index is 13.6. The quantitative estimate of drug-likeness (QED) is 0.362. The van der Waals surface area contributed by atoms with Crippen molar-refractivity contribution >= 4 is 17.7 Å². The van der Waals surface area contributed by atoms with E-state index in [0.717, 1.165) is 45.3 Å². The molecule has 0 bridgehead atoms. The smallest absolute Gasteiger partial charge is 0.245 e. The summed E-state index contributed by atoms with van der Waals surface area (Å²) in [4.78, 5) is 43.4. The molecule has 1 aliphatic carbocycles. The van der Waals surface area contributed by atoms with Crippen LogP contribution in [-0.4, -0.2) is 95.3 Å². The summed E-state index contributed by atoms with van der Waals surface area (Å²) in [5.74, 6) is -0.720. The van der Waals surface area contributed by atoms with Crippen molar-refractivity contribution in [1.29, 1.82) is 0 Å². The molecular weight excluding hydrogens is 476 g/mol. The van der Waals surface area contributed by atoms with Crippen molar-refractivity contribution < 1.29 is 29.3 Å². The first-order chi connectivity index (χ1) is 17.8. The lowest BCUT2D eigenvalue weighted by Gasteiger charge is -2.35. The number of benzene rings is 1. The minimum Gasteiger partial charge on any atom is -0.504 e. The Balaban J connectivity index is 1.33. The van der Waals surface area contributed by atoms with E-state index in [1.165, 1.54) is 12.1 Å². The third kappa shape index (κ3) is 6.93. The molecule has 2 heterocycles. The highest BCUT2D eigenvalue weighted by atomic mass is 16.5. The minimum absolute atomic E-state index is 0.0376. The Morgan fingerprint density at radius 3 is 2.62 bits per heavy atom. The van der Waals surface area contributed by atoms with Gasteiger partial charge in [0.1, 0.15) is 12.1 Å². The van der Waals surface area contributed by atoms with Gasteiger partial charge in [-0.05, 0) is 56.2 Å². The number of morpholine rings is 1. The molecular formula is C27H40N4O6. The van der Waals surface area contributed by atoms with E-state index in [1.807, 2.05) is 0 Å². The number of fused-ring (bicyclic) bond motifs is 1. The molecule has 10 nitrogen and oxygen atoms in total. The number of phenolic OH excluding ortho intramolecular Hbond substituents is 2. The zero-order valence-corrected chi connectivity index (χ0v) is 21.7. The summed E-state index contributed by atoms with van der Waals surface area (Å²) in [6.07, 6.45) is 5.24. The lowest BCUT2D eigenvalue weighted by atomic mass is 9.84. The Hall–Kier alpha value is -2.85. The van der Waals surface area contributed by atoms with Gasteiger partial charge >= 0.3 is 0 Å². The van der Waals surface area contributed by atoms with Crippen molar-refractivity contribution in [3.05, 3.63) is 23.8 Å². The Morgan fingerprint density at radius 1 is 1.11 bits per heavy atom. The molecule has 4 unspecified atom stereocenters. The monoisotopic (exact) mass is 516 g/mol. The van der Waals surface area contributed by atoms with E-state index in [9.17, 15) is 24.6 Å². The maximum Gasteiger partial charge on any atom is 0.245 e. The minimum atomic E-state index is -0.745. The number of nitrogens with zero attached hydrogens (tertiary/aromatic N) is 2. The van der Waals surface area contributed by atoms with Crippen molar-refractivity contribution in [2.75, 3.05) is 39.4 Å². The molecule has 0 aromatic heterocycles. The van der Waals surface area contributed by atoms with Crippen LogP contribution in [0, 0.1) is 5.92 Å². The molecule has 37 heavy (non-hydrogen) atoms. The second kappa shape index (κ2) is 12.6. The molecule has 1 aromatic rings. The standard InChI is InChI=1S/C27H40N4O6/c1-18(29-25(34)9-7-19-6-8-23(32)24(33)16-19)27(36)31-21-5-3-2-4-20(21)17-22(31)26(35)28-10-11-30-12-14-37-15-13-30/h6,8,16,18,20-22,32-33H,2-5,7,9-15,17H2,1H3,(H,28,35)(H,29,34). The van der Waals surface area contributed by atoms with Gasteiger partial charge in [0.2, 0.25) is 17.7 Å². The number of aryl methyl sites for hydroxylation is 1. The van der Waals surface area contributed by atoms with Crippen molar-refractivity contribution in [3.8, 4) is 11.5 Å². The highest BCUT2D eigenvalue weighted by Crippen LogP contribution is 2.40. The Bertz CT molecular complexity index is 966. The molecule has 4 N–H and O–H groups in total. The molecule has 4 rings (SSSR count). The summed E-state index contributed by atoms with van der Waals surface area (Å²) >= 11 is 0. The Kier molecular flexibility index (Phi) is 9.26. The summed E-state index contributed by atoms with van der Waals surface area (Å²) in [7, 11) is 0. The molecule has 0 spiro atoms. The third-order valence-corrected chi connectivity index (χ3v) is 7.90. The van der Waals surface area contributed by atoms with Gasteiger partial charge in [0.15, 0.2) is 11.5 Å². The van der Waals surface area contributed by atoms with Gasteiger partial charge in [-0.2, -0.15) is 0 Å². The Morgan fingerprint density at radius 2 is 1.86 bits per heavy atom. The van der Waals surface area contributed by atoms with E-state index in [0.29, 0.717) is 44.1 Å². The highest BCUT2D eigenvalue weighted by molar-refractivity contribution is 5.92. The van der Waals surface area contributed by atoms with Crippen LogP contribution in [0.3, 0.4) is 0 Å². The molecule has 3 aliphatic rings. The van der Waals surface area contributed by atoms with E-state index >= 15 is 0 Å². The molecule has 2 saturated heterocycles. The summed E-state index contributed by atoms with van der Waals surface area (Å²) in [5.41, 5.74) is 0.711. The molecule has 3 fully saturated rings. The molecule has 0 radical (unpaired) electrons. The van der Waals surface area contributed by atoms with E-state index in [-0.39, 0.29) is 41.7 Å². The van der Waals surface area contributed by atoms with Crippen molar-refractivity contribution in [3.63, 3.8) is 0 Å². The van der Waals surface area contributed by atoms with Crippen LogP contribution in [0.25, 0.3) is 0 Å². The van der Waals surface area contributed by atoms with Gasteiger partial charge in [-0.25, -0.2) is 0 Å². The second-order valence-corrected chi connectivity index (χ2v) is 10.5. The number of amides is 3. The number of carbonyl (C=O) groups excluding carboxylic acids is 3. The molecule has 1 saturated carbocycles. The van der Waals surface area contributed by atoms with E-state index in [2.05, 4.69) is 15.5 Å². The maximum absolute atomic E-state index is 13.6. The van der Waals surface area contributed by atoms with Crippen LogP contribution in [0.5, 0.6) is 11.5 Å². The summed E-state index contributed by atoms with van der Waals surface area (Å²) < 4.78 is 5.38. The van der Waals surface area contributed by atoms with Crippen LogP contribution in [0.1, 0.15) is 51.0 Å². The van der Waals surface area contributed by atoms with Crippen LogP contribution >= 0.6 is 0 Å². The average Bonchev–Trinajstić information content (AvgIpc) is 3.29. The molecule has 3 amide bonds. The normalized spacial score (nSPS) is 24.8. The van der Waals surface area contributed by atoms with Crippen LogP contribution in [-0.2, 0) is 25.5 Å². The lowest BCUT2D eigenvalue weighted by Crippen LogP contribution is -2.56. The van der Waals surface area contributed by atoms with Gasteiger partial charge in [-0.3, -0.25) is 19.3 Å². The van der Waals surface area contributed by atoms with Gasteiger partial charge in [0.25, 0.3) is 0 Å². The van der Waals surface area contributed by atoms with Gasteiger partial charge in [-0.15, -0.1) is 0 Å². The SMILES string of the molecule is CC(NC(=O)CCc1ccc(O)c(O)c1)C(=O)N1C(C(=O)NCCN2CCOCC2)CC2CCCCC21. The molecule has 2 aliphatic heterocycles. The number of carbonyl (C=O) groups is 3. The van der Waals surface area contributed by atoms with Crippen LogP contribution in [0.2, 0.25) is 0 Å². The number of hydrogen-bond donors (Lipinski definition) is 4. The Labute approximate surface area is 218 Å². The van der Waals surface area contributed by atoms with Crippen molar-refractivity contribution in [2.24, 2.45) is 5.92 Å². The first-order valence-electron chi connectivity index (χ1n) is 13.5. The topological polar surface area (TPSA) is 131 Å². The summed E-state index contributed by atoms with van der Waals surface area (Å²) in [5, 5.41) is 25.0. The number of hydrogen-bond acceptors (Lipinski definition) is 7. The molecule has 1 aromatic carbocycles. The van der Waals surface area contributed by atoms with Gasteiger partial charge in [0, 0.05) is 38.6 Å². The zero-order chi connectivity index (χ0) is 26.4. The van der Waals surface area contributed by atoms with E-state index in [4.69, 9.17) is 4.74 Å². The highest BCUT2D eigenvalue weighted by Gasteiger charge is 2.48. The van der Waals surface area contributed by atoms with Crippen LogP contribution < -0.4 is 10.6 Å². The molecule has 4 atom stereocenters. The van der Waals surface area contributed by atoms with Crippen molar-refractivity contribution in [1.82, 2.24) is 20.4 Å². The number of phenols is 2. The third-order valence-electron chi connectivity index (χ3n) is 7.90. The predicted octanol–water partition coefficient (Wildman–Crippen LogP) is 1.14. The fourth-order valence-electron chi connectivity index (χ4n) is 5.87. The van der Waals surface area contributed by atoms with Gasteiger partial charge < -0.3 is 30.5 Å².